The summed E-state index contributed by atoms with van der Waals surface area (Å²) in [4.78, 5) is 16.0. The Hall–Kier alpha value is -1.76. The van der Waals surface area contributed by atoms with E-state index in [0.29, 0.717) is 23.9 Å². The minimum atomic E-state index is -0.228. The number of benzene rings is 1. The van der Waals surface area contributed by atoms with Crippen molar-refractivity contribution in [2.45, 2.75) is 19.9 Å². The molecule has 1 aliphatic rings. The zero-order chi connectivity index (χ0) is 18.5. The van der Waals surface area contributed by atoms with E-state index in [-0.39, 0.29) is 18.0 Å². The van der Waals surface area contributed by atoms with E-state index in [2.05, 4.69) is 29.4 Å². The molecular weight excluding hydrogens is 370 g/mol. The van der Waals surface area contributed by atoms with Crippen LogP contribution in [0.2, 0.25) is 5.02 Å². The highest BCUT2D eigenvalue weighted by atomic mass is 35.5. The molecule has 0 spiro atoms. The maximum absolute atomic E-state index is 12.7. The number of carbonyl (C=O) groups excluding carboxylic acids is 1. The number of carbonyl (C=O) groups is 1. The number of urea groups is 1. The van der Waals surface area contributed by atoms with E-state index in [0.717, 1.165) is 23.7 Å². The number of rotatable bonds is 5. The van der Waals surface area contributed by atoms with Gasteiger partial charge in [-0.25, -0.2) is 4.79 Å². The Bertz CT molecular complexity index is 730. The lowest BCUT2D eigenvalue weighted by Crippen LogP contribution is -2.38. The van der Waals surface area contributed by atoms with E-state index in [4.69, 9.17) is 16.3 Å². The molecule has 1 aromatic heterocycles. The largest absolute Gasteiger partial charge is 0.378 e. The predicted octanol–water partition coefficient (Wildman–Crippen LogP) is 4.76. The van der Waals surface area contributed by atoms with Crippen LogP contribution in [0.15, 0.2) is 35.7 Å². The lowest BCUT2D eigenvalue weighted by molar-refractivity contribution is 0.123. The molecule has 0 bridgehead atoms. The average Bonchev–Trinajstić information content (AvgIpc) is 3.14. The number of nitrogens with zero attached hydrogens (tertiary/aromatic N) is 1. The fourth-order valence-electron chi connectivity index (χ4n) is 3.02. The summed E-state index contributed by atoms with van der Waals surface area (Å²) in [5.74, 6) is 0.289. The molecule has 1 unspecified atom stereocenters. The van der Waals surface area contributed by atoms with Gasteiger partial charge in [0.2, 0.25) is 0 Å². The van der Waals surface area contributed by atoms with Gasteiger partial charge in [0.1, 0.15) is 0 Å². The van der Waals surface area contributed by atoms with Crippen LogP contribution in [0.1, 0.15) is 24.8 Å². The summed E-state index contributed by atoms with van der Waals surface area (Å²) >= 11 is 7.81. The minimum Gasteiger partial charge on any atom is -0.378 e. The van der Waals surface area contributed by atoms with Crippen LogP contribution in [0.25, 0.3) is 0 Å². The summed E-state index contributed by atoms with van der Waals surface area (Å²) in [5, 5.41) is 8.69. The molecule has 1 saturated heterocycles. The lowest BCUT2D eigenvalue weighted by atomic mass is 10.0. The van der Waals surface area contributed by atoms with Gasteiger partial charge in [-0.3, -0.25) is 0 Å². The van der Waals surface area contributed by atoms with Crippen LogP contribution < -0.4 is 15.5 Å². The molecule has 0 aliphatic carbocycles. The monoisotopic (exact) mass is 393 g/mol. The molecule has 1 aliphatic heterocycles. The molecule has 2 aromatic rings. The molecule has 1 aromatic carbocycles. The van der Waals surface area contributed by atoms with E-state index >= 15 is 0 Å². The van der Waals surface area contributed by atoms with Gasteiger partial charge in [0.25, 0.3) is 0 Å². The number of amides is 2. The second kappa shape index (κ2) is 8.75. The summed E-state index contributed by atoms with van der Waals surface area (Å²) in [6.45, 7) is 7.15. The Morgan fingerprint density at radius 3 is 2.69 bits per heavy atom. The average molecular weight is 394 g/mol. The number of hydrogen-bond donors (Lipinski definition) is 2. The summed E-state index contributed by atoms with van der Waals surface area (Å²) in [7, 11) is 0. The van der Waals surface area contributed by atoms with Crippen LogP contribution in [-0.4, -0.2) is 32.3 Å². The van der Waals surface area contributed by atoms with Crippen LogP contribution >= 0.6 is 22.9 Å². The van der Waals surface area contributed by atoms with Gasteiger partial charge in [0, 0.05) is 23.0 Å². The van der Waals surface area contributed by atoms with Crippen molar-refractivity contribution in [3.05, 3.63) is 45.6 Å². The van der Waals surface area contributed by atoms with E-state index in [1.54, 1.807) is 17.4 Å². The third-order valence-corrected chi connectivity index (χ3v) is 5.55. The van der Waals surface area contributed by atoms with Crippen molar-refractivity contribution in [1.82, 2.24) is 5.32 Å². The molecule has 0 saturated carbocycles. The maximum Gasteiger partial charge on any atom is 0.319 e. The van der Waals surface area contributed by atoms with Gasteiger partial charge in [0.15, 0.2) is 0 Å². The first-order valence-corrected chi connectivity index (χ1v) is 10.0. The van der Waals surface area contributed by atoms with Gasteiger partial charge in [-0.2, -0.15) is 0 Å². The Labute approximate surface area is 163 Å². The fraction of sp³-hybridized carbons (Fsp3) is 0.421. The Balaban J connectivity index is 1.75. The molecule has 140 valence electrons. The molecular formula is C19H24ClN3O2S. The normalized spacial score (nSPS) is 15.8. The number of morpholine rings is 1. The van der Waals surface area contributed by atoms with Crippen LogP contribution in [0.4, 0.5) is 16.2 Å². The van der Waals surface area contributed by atoms with Gasteiger partial charge in [-0.15, -0.1) is 11.3 Å². The van der Waals surface area contributed by atoms with Crippen LogP contribution in [0.5, 0.6) is 0 Å². The maximum atomic E-state index is 12.7. The first-order chi connectivity index (χ1) is 12.5. The lowest BCUT2D eigenvalue weighted by Gasteiger charge is -2.31. The van der Waals surface area contributed by atoms with Crippen molar-refractivity contribution >= 4 is 40.3 Å². The summed E-state index contributed by atoms with van der Waals surface area (Å²) in [5.41, 5.74) is 1.68. The molecule has 2 amide bonds. The second-order valence-corrected chi connectivity index (χ2v) is 8.01. The topological polar surface area (TPSA) is 53.6 Å². The fourth-order valence-corrected chi connectivity index (χ4v) is 4.14. The summed E-state index contributed by atoms with van der Waals surface area (Å²) in [6, 6.07) is 9.38. The van der Waals surface area contributed by atoms with Crippen molar-refractivity contribution in [2.75, 3.05) is 36.5 Å². The first-order valence-electron chi connectivity index (χ1n) is 8.78. The SMILES string of the molecule is CC(C)C(NC(=O)Nc1cc(Cl)ccc1N1CCOCC1)c1cccs1. The zero-order valence-electron chi connectivity index (χ0n) is 15.0. The molecule has 5 nitrogen and oxygen atoms in total. The number of ether oxygens (including phenoxy) is 1. The van der Waals surface area contributed by atoms with Gasteiger partial charge < -0.3 is 20.3 Å². The van der Waals surface area contributed by atoms with E-state index in [1.165, 1.54) is 0 Å². The van der Waals surface area contributed by atoms with E-state index < -0.39 is 0 Å². The van der Waals surface area contributed by atoms with Gasteiger partial charge in [-0.05, 0) is 35.6 Å². The van der Waals surface area contributed by atoms with Gasteiger partial charge in [-0.1, -0.05) is 31.5 Å². The smallest absolute Gasteiger partial charge is 0.319 e. The number of thiophene rings is 1. The van der Waals surface area contributed by atoms with Crippen molar-refractivity contribution in [3.8, 4) is 0 Å². The number of halogens is 1. The standard InChI is InChI=1S/C19H24ClN3O2S/c1-13(2)18(17-4-3-11-26-17)22-19(24)21-15-12-14(20)5-6-16(15)23-7-9-25-10-8-23/h3-6,11-13,18H,7-10H2,1-2H3,(H2,21,22,24). The van der Waals surface area contributed by atoms with E-state index in [1.807, 2.05) is 29.6 Å². The van der Waals surface area contributed by atoms with Gasteiger partial charge in [0.05, 0.1) is 30.6 Å². The Morgan fingerprint density at radius 1 is 1.27 bits per heavy atom. The molecule has 26 heavy (non-hydrogen) atoms. The predicted molar refractivity (Wildman–Crippen MR) is 109 cm³/mol. The van der Waals surface area contributed by atoms with Gasteiger partial charge >= 0.3 is 6.03 Å². The molecule has 2 heterocycles. The van der Waals surface area contributed by atoms with Crippen LogP contribution in [-0.2, 0) is 4.74 Å². The quantitative estimate of drug-likeness (QED) is 0.770. The molecule has 1 fully saturated rings. The highest BCUT2D eigenvalue weighted by Gasteiger charge is 2.21. The van der Waals surface area contributed by atoms with Crippen molar-refractivity contribution in [2.24, 2.45) is 5.92 Å². The van der Waals surface area contributed by atoms with Crippen LogP contribution in [0, 0.1) is 5.92 Å². The molecule has 0 radical (unpaired) electrons. The third-order valence-electron chi connectivity index (χ3n) is 4.36. The number of nitrogens with one attached hydrogen (secondary N) is 2. The molecule has 3 rings (SSSR count). The number of anilines is 2. The Kier molecular flexibility index (Phi) is 6.40. The number of hydrogen-bond acceptors (Lipinski definition) is 4. The summed E-state index contributed by atoms with van der Waals surface area (Å²) < 4.78 is 5.42. The van der Waals surface area contributed by atoms with E-state index in [9.17, 15) is 4.79 Å². The highest BCUT2D eigenvalue weighted by molar-refractivity contribution is 7.10. The Morgan fingerprint density at radius 2 is 2.04 bits per heavy atom. The van der Waals surface area contributed by atoms with Crippen molar-refractivity contribution in [3.63, 3.8) is 0 Å². The second-order valence-electron chi connectivity index (χ2n) is 6.60. The molecule has 7 heteroatoms. The molecule has 1 atom stereocenters. The van der Waals surface area contributed by atoms with Crippen molar-refractivity contribution in [1.29, 1.82) is 0 Å². The summed E-state index contributed by atoms with van der Waals surface area (Å²) in [6.07, 6.45) is 0. The molecule has 2 N–H and O–H groups in total. The zero-order valence-corrected chi connectivity index (χ0v) is 16.6. The third kappa shape index (κ3) is 4.69. The minimum absolute atomic E-state index is 0.0268. The highest BCUT2D eigenvalue weighted by Crippen LogP contribution is 2.31. The van der Waals surface area contributed by atoms with Crippen LogP contribution in [0.3, 0.4) is 0 Å². The first kappa shape index (κ1) is 19.0. The van der Waals surface area contributed by atoms with Crippen molar-refractivity contribution < 1.29 is 9.53 Å².